The van der Waals surface area contributed by atoms with Crippen molar-refractivity contribution in [3.8, 4) is 0 Å². The molecule has 136 valence electrons. The van der Waals surface area contributed by atoms with Gasteiger partial charge in [-0.2, -0.15) is 0 Å². The standard InChI is InChI=1S/Mg.HNO3.H3O4P.10H2O/c;2-1(3)4;1-5(2,3)4;;;;;;;;;;/h;(H,2,3,4);(H3,1,2,3,4);10*1H2/q+2;;;;;;;;;;;;/p-2. The van der Waals surface area contributed by atoms with E-state index in [-0.39, 0.29) is 77.8 Å². The monoisotopic (exact) mass is 363 g/mol. The molecule has 0 aromatic rings. The third-order valence-corrected chi connectivity index (χ3v) is 0. The maximum atomic E-state index is 8.66. The Balaban J connectivity index is -0.00000000289. The molecule has 0 radical (unpaired) electrons. The van der Waals surface area contributed by atoms with Crippen LogP contribution in [-0.2, 0) is 4.57 Å². The molecule has 0 aromatic heterocycles. The van der Waals surface area contributed by atoms with Gasteiger partial charge in [-0.15, -0.1) is 10.1 Å². The van der Waals surface area contributed by atoms with Crippen molar-refractivity contribution in [1.82, 2.24) is 0 Å². The number of phosphoric acid groups is 1. The fraction of sp³-hybridized carbons (Fsp3) is 0. The molecule has 0 fully saturated rings. The summed E-state index contributed by atoms with van der Waals surface area (Å²) in [5.41, 5.74) is 0. The second-order valence-electron chi connectivity index (χ2n) is 0.706. The van der Waals surface area contributed by atoms with Gasteiger partial charge in [0.05, 0.1) is 7.82 Å². The van der Waals surface area contributed by atoms with Crippen LogP contribution in [-0.4, -0.2) is 93.0 Å². The molecule has 0 heterocycles. The van der Waals surface area contributed by atoms with E-state index in [1.807, 2.05) is 0 Å². The van der Waals surface area contributed by atoms with Crippen LogP contribution in [0.1, 0.15) is 0 Å². The van der Waals surface area contributed by atoms with Crippen LogP contribution in [0.4, 0.5) is 0 Å². The molecule has 0 aliphatic carbocycles. The molecule has 0 rings (SSSR count). The van der Waals surface area contributed by atoms with Crippen molar-refractivity contribution in [2.75, 3.05) is 0 Å². The Kier molecular flexibility index (Phi) is 597. The predicted molar refractivity (Wildman–Crippen MR) is 60.5 cm³/mol. The Morgan fingerprint density at radius 2 is 0.750 bits per heavy atom. The van der Waals surface area contributed by atoms with Crippen molar-refractivity contribution in [1.29, 1.82) is 0 Å². The second-order valence-corrected chi connectivity index (χ2v) is 1.64. The Morgan fingerprint density at radius 1 is 0.750 bits per heavy atom. The van der Waals surface area contributed by atoms with Gasteiger partial charge in [-0.05, 0) is 0 Å². The fourth-order valence-corrected chi connectivity index (χ4v) is 0. The zero-order chi connectivity index (χ0) is 8.08. The van der Waals surface area contributed by atoms with Crippen LogP contribution in [0.25, 0.3) is 0 Å². The van der Waals surface area contributed by atoms with E-state index in [0.29, 0.717) is 0 Å². The molecule has 20 heteroatoms. The summed E-state index contributed by atoms with van der Waals surface area (Å²) < 4.78 is 8.66. The molecule has 0 aliphatic heterocycles. The van der Waals surface area contributed by atoms with Gasteiger partial charge in [0.2, 0.25) is 0 Å². The van der Waals surface area contributed by atoms with E-state index in [0.717, 1.165) is 0 Å². The quantitative estimate of drug-likeness (QED) is 0.180. The fourth-order valence-electron chi connectivity index (χ4n) is 0. The molecule has 0 atom stereocenters. The minimum Gasteiger partial charge on any atom is -0.790 e. The summed E-state index contributed by atoms with van der Waals surface area (Å²) in [6.07, 6.45) is 0. The normalized spacial score (nSPS) is 4.15. The van der Waals surface area contributed by atoms with Crippen LogP contribution in [0, 0.1) is 10.1 Å². The Labute approximate surface area is 126 Å². The number of hydrogen-bond donors (Lipinski definition) is 2. The smallest absolute Gasteiger partial charge is 0.790 e. The van der Waals surface area contributed by atoms with Crippen molar-refractivity contribution < 1.29 is 84.3 Å². The zero-order valence-electron chi connectivity index (χ0n) is 9.54. The van der Waals surface area contributed by atoms with Gasteiger partial charge >= 0.3 is 23.1 Å². The average Bonchev–Trinajstić information content (AvgIpc) is 1.19. The first-order chi connectivity index (χ1) is 3.73. The molecule has 0 saturated heterocycles. The maximum absolute atomic E-state index is 8.66. The summed E-state index contributed by atoms with van der Waals surface area (Å²) in [5, 5.41) is 13.6. The molecule has 18 nitrogen and oxygen atoms in total. The van der Waals surface area contributed by atoms with Crippen molar-refractivity contribution >= 4 is 30.9 Å². The van der Waals surface area contributed by atoms with Crippen molar-refractivity contribution in [3.63, 3.8) is 0 Å². The third kappa shape index (κ3) is 46900. The van der Waals surface area contributed by atoms with Crippen LogP contribution >= 0.6 is 7.82 Å². The van der Waals surface area contributed by atoms with E-state index in [4.69, 9.17) is 34.6 Å². The topological polar surface area (TPSA) is 462 Å². The summed E-state index contributed by atoms with van der Waals surface area (Å²) in [6.45, 7) is 0. The van der Waals surface area contributed by atoms with Crippen LogP contribution in [0.2, 0.25) is 0 Å². The molecule has 0 saturated carbocycles. The number of nitrogens with zero attached hydrogens (tertiary/aromatic N) is 1. The first-order valence-corrected chi connectivity index (χ1v) is 2.81. The molecule has 0 unspecified atom stereocenters. The van der Waals surface area contributed by atoms with E-state index in [9.17, 15) is 0 Å². The van der Waals surface area contributed by atoms with Crippen LogP contribution in [0.15, 0.2) is 0 Å². The molecular weight excluding hydrogens is 341 g/mol. The minimum absolute atomic E-state index is 0. The summed E-state index contributed by atoms with van der Waals surface area (Å²) in [5.74, 6) is 0. The van der Waals surface area contributed by atoms with Crippen molar-refractivity contribution in [3.05, 3.63) is 10.1 Å². The van der Waals surface area contributed by atoms with E-state index in [1.54, 1.807) is 0 Å². The van der Waals surface area contributed by atoms with Gasteiger partial charge in [0.1, 0.15) is 0 Å². The molecule has 0 bridgehead atoms. The van der Waals surface area contributed by atoms with Gasteiger partial charge in [0.25, 0.3) is 5.09 Å². The van der Waals surface area contributed by atoms with Gasteiger partial charge < -0.3 is 79.2 Å². The zero-order valence-corrected chi connectivity index (χ0v) is 11.8. The number of hydrogen-bond acceptors (Lipinski definition) is 5. The molecule has 20 heavy (non-hydrogen) atoms. The first kappa shape index (κ1) is 154. The Hall–Kier alpha value is -0.324. The average molecular weight is 363 g/mol. The molecule has 0 aromatic carbocycles. The van der Waals surface area contributed by atoms with E-state index in [1.165, 1.54) is 0 Å². The van der Waals surface area contributed by atoms with E-state index in [2.05, 4.69) is 0 Å². The van der Waals surface area contributed by atoms with Gasteiger partial charge in [-0.25, -0.2) is 0 Å². The van der Waals surface area contributed by atoms with Gasteiger partial charge in [-0.3, -0.25) is 0 Å². The van der Waals surface area contributed by atoms with Gasteiger partial charge in [-0.1, -0.05) is 0 Å². The molecule has 0 spiro atoms. The second kappa shape index (κ2) is 77.5. The van der Waals surface area contributed by atoms with Gasteiger partial charge in [0.15, 0.2) is 0 Å². The van der Waals surface area contributed by atoms with E-state index >= 15 is 0 Å². The summed E-state index contributed by atoms with van der Waals surface area (Å²) in [7, 11) is -5.14. The maximum Gasteiger partial charge on any atom is 2.00 e. The predicted octanol–water partition coefficient (Wildman–Crippen LogP) is -11.2. The first-order valence-electron chi connectivity index (χ1n) is 1.31. The third-order valence-electron chi connectivity index (χ3n) is 0. The van der Waals surface area contributed by atoms with Crippen molar-refractivity contribution in [2.45, 2.75) is 0 Å². The van der Waals surface area contributed by atoms with Crippen LogP contribution in [0.5, 0.6) is 0 Å². The summed E-state index contributed by atoms with van der Waals surface area (Å²) >= 11 is 0. The Morgan fingerprint density at radius 3 is 0.750 bits per heavy atom. The van der Waals surface area contributed by atoms with Crippen molar-refractivity contribution in [2.24, 2.45) is 0 Å². The molecular formula is H22MgNO17P. The summed E-state index contributed by atoms with van der Waals surface area (Å²) in [6, 6.07) is 0. The van der Waals surface area contributed by atoms with Gasteiger partial charge in [0, 0.05) is 0 Å². The minimum atomic E-state index is -5.14. The molecule has 0 aliphatic rings. The summed E-state index contributed by atoms with van der Waals surface area (Å²) in [4.78, 5) is 32.6. The SMILES string of the molecule is O.O.O.O.O.O.O.O.O.O.O=P([O-])([O-])O.O=[N+]([O-])O.[Mg+2]. The number of rotatable bonds is 0. The van der Waals surface area contributed by atoms with Crippen LogP contribution in [0.3, 0.4) is 0 Å². The Bertz CT molecular complexity index is 117. The van der Waals surface area contributed by atoms with E-state index < -0.39 is 12.9 Å². The molecule has 0 amide bonds. The molecule has 22 N–H and O–H groups in total. The van der Waals surface area contributed by atoms with Crippen LogP contribution < -0.4 is 9.79 Å². The largest absolute Gasteiger partial charge is 2.00 e.